The van der Waals surface area contributed by atoms with E-state index >= 15 is 0 Å². The third-order valence-electron chi connectivity index (χ3n) is 5.30. The first-order valence-corrected chi connectivity index (χ1v) is 10.0. The summed E-state index contributed by atoms with van der Waals surface area (Å²) in [5, 5.41) is 6.81. The van der Waals surface area contributed by atoms with Crippen LogP contribution in [0.2, 0.25) is 0 Å². The molecular weight excluding hydrogens is 342 g/mol. The van der Waals surface area contributed by atoms with Crippen molar-refractivity contribution in [1.29, 1.82) is 0 Å². The van der Waals surface area contributed by atoms with Gasteiger partial charge in [0, 0.05) is 65.3 Å². The second kappa shape index (κ2) is 9.85. The van der Waals surface area contributed by atoms with Crippen LogP contribution in [0, 0.1) is 0 Å². The molecule has 2 saturated heterocycles. The third kappa shape index (κ3) is 6.04. The Morgan fingerprint density at radius 2 is 2.00 bits per heavy atom. The molecule has 0 bridgehead atoms. The molecule has 0 radical (unpaired) electrons. The van der Waals surface area contributed by atoms with Gasteiger partial charge in [0.1, 0.15) is 0 Å². The van der Waals surface area contributed by atoms with Gasteiger partial charge in [-0.15, -0.1) is 0 Å². The van der Waals surface area contributed by atoms with Crippen LogP contribution in [-0.4, -0.2) is 85.9 Å². The topological polar surface area (TPSA) is 77.9 Å². The fourth-order valence-corrected chi connectivity index (χ4v) is 3.60. The highest BCUT2D eigenvalue weighted by molar-refractivity contribution is 5.79. The lowest BCUT2D eigenvalue weighted by atomic mass is 10.0. The number of anilines is 1. The number of piperazine rings is 1. The van der Waals surface area contributed by atoms with Gasteiger partial charge < -0.3 is 20.3 Å². The van der Waals surface area contributed by atoms with E-state index in [-0.39, 0.29) is 5.60 Å². The maximum absolute atomic E-state index is 5.82. The molecule has 0 aliphatic carbocycles. The van der Waals surface area contributed by atoms with Crippen LogP contribution in [0.4, 0.5) is 5.95 Å². The highest BCUT2D eigenvalue weighted by Crippen LogP contribution is 2.23. The third-order valence-corrected chi connectivity index (χ3v) is 5.30. The Balaban J connectivity index is 1.28. The number of nitrogens with one attached hydrogen (secondary N) is 2. The van der Waals surface area contributed by atoms with E-state index in [9.17, 15) is 0 Å². The number of aliphatic imine (C=N–C) groups is 1. The molecule has 0 aromatic carbocycles. The molecule has 2 N–H and O–H groups in total. The number of ether oxygens (including phenoxy) is 1. The summed E-state index contributed by atoms with van der Waals surface area (Å²) < 4.78 is 5.82. The molecular formula is C19H33N7O. The number of hydrogen-bond donors (Lipinski definition) is 2. The Morgan fingerprint density at radius 3 is 2.67 bits per heavy atom. The van der Waals surface area contributed by atoms with Gasteiger partial charge in [-0.3, -0.25) is 9.89 Å². The van der Waals surface area contributed by atoms with Gasteiger partial charge in [0.15, 0.2) is 5.96 Å². The number of guanidine groups is 1. The smallest absolute Gasteiger partial charge is 0.225 e. The first-order valence-electron chi connectivity index (χ1n) is 10.0. The SMILES string of the molecule is CN=C(NCCCN1CCN(c2ncccn2)CC1)NCC1(C)CCCO1. The molecule has 150 valence electrons. The van der Waals surface area contributed by atoms with E-state index in [1.807, 2.05) is 13.1 Å². The van der Waals surface area contributed by atoms with Gasteiger partial charge in [-0.2, -0.15) is 0 Å². The van der Waals surface area contributed by atoms with Crippen LogP contribution in [0.15, 0.2) is 23.5 Å². The molecule has 1 unspecified atom stereocenters. The highest BCUT2D eigenvalue weighted by atomic mass is 16.5. The maximum Gasteiger partial charge on any atom is 0.225 e. The van der Waals surface area contributed by atoms with Gasteiger partial charge in [0.25, 0.3) is 0 Å². The van der Waals surface area contributed by atoms with Crippen LogP contribution in [-0.2, 0) is 4.74 Å². The summed E-state index contributed by atoms with van der Waals surface area (Å²) in [6.45, 7) is 9.93. The van der Waals surface area contributed by atoms with Gasteiger partial charge in [0.2, 0.25) is 5.95 Å². The van der Waals surface area contributed by atoms with E-state index in [0.717, 1.165) is 83.6 Å². The van der Waals surface area contributed by atoms with Gasteiger partial charge in [-0.05, 0) is 38.8 Å². The minimum Gasteiger partial charge on any atom is -0.373 e. The van der Waals surface area contributed by atoms with E-state index in [2.05, 4.69) is 42.3 Å². The highest BCUT2D eigenvalue weighted by Gasteiger charge is 2.29. The molecule has 3 heterocycles. The molecule has 2 aliphatic rings. The quantitative estimate of drug-likeness (QED) is 0.413. The van der Waals surface area contributed by atoms with Crippen LogP contribution in [0.5, 0.6) is 0 Å². The first-order chi connectivity index (χ1) is 13.2. The standard InChI is InChI=1S/C19H33N7O/c1-19(6-3-15-27-19)16-24-17(20-2)21-9-5-10-25-11-13-26(14-12-25)18-22-7-4-8-23-18/h4,7-8H,3,5-6,9-16H2,1-2H3,(H2,20,21,24). The molecule has 1 atom stereocenters. The Hall–Kier alpha value is -1.93. The molecule has 1 aromatic heterocycles. The summed E-state index contributed by atoms with van der Waals surface area (Å²) in [4.78, 5) is 17.8. The van der Waals surface area contributed by atoms with Crippen molar-refractivity contribution < 1.29 is 4.74 Å². The maximum atomic E-state index is 5.82. The summed E-state index contributed by atoms with van der Waals surface area (Å²) in [7, 11) is 1.82. The fraction of sp³-hybridized carbons (Fsp3) is 0.737. The van der Waals surface area contributed by atoms with Crippen molar-refractivity contribution in [3.63, 3.8) is 0 Å². The Kier molecular flexibility index (Phi) is 7.23. The number of aromatic nitrogens is 2. The average Bonchev–Trinajstić information content (AvgIpc) is 3.15. The lowest BCUT2D eigenvalue weighted by Crippen LogP contribution is -2.48. The van der Waals surface area contributed by atoms with Crippen molar-refractivity contribution in [2.75, 3.05) is 64.4 Å². The predicted molar refractivity (Wildman–Crippen MR) is 108 cm³/mol. The van der Waals surface area contributed by atoms with Gasteiger partial charge in [-0.25, -0.2) is 9.97 Å². The van der Waals surface area contributed by atoms with Crippen LogP contribution < -0.4 is 15.5 Å². The minimum absolute atomic E-state index is 0.0558. The first kappa shape index (κ1) is 19.8. The van der Waals surface area contributed by atoms with E-state index < -0.39 is 0 Å². The van der Waals surface area contributed by atoms with Crippen LogP contribution in [0.3, 0.4) is 0 Å². The Bertz CT molecular complexity index is 581. The monoisotopic (exact) mass is 375 g/mol. The second-order valence-electron chi connectivity index (χ2n) is 7.49. The summed E-state index contributed by atoms with van der Waals surface area (Å²) >= 11 is 0. The van der Waals surface area contributed by atoms with E-state index in [4.69, 9.17) is 4.74 Å². The van der Waals surface area contributed by atoms with Crippen molar-refractivity contribution in [3.05, 3.63) is 18.5 Å². The summed E-state index contributed by atoms with van der Waals surface area (Å²) in [5.41, 5.74) is -0.0558. The molecule has 27 heavy (non-hydrogen) atoms. The largest absolute Gasteiger partial charge is 0.373 e. The molecule has 0 amide bonds. The molecule has 1 aromatic rings. The zero-order valence-electron chi connectivity index (χ0n) is 16.7. The van der Waals surface area contributed by atoms with E-state index in [0.29, 0.717) is 0 Å². The minimum atomic E-state index is -0.0558. The zero-order valence-corrected chi connectivity index (χ0v) is 16.7. The van der Waals surface area contributed by atoms with Crippen LogP contribution in [0.25, 0.3) is 0 Å². The van der Waals surface area contributed by atoms with Crippen molar-refractivity contribution in [3.8, 4) is 0 Å². The van der Waals surface area contributed by atoms with Gasteiger partial charge >= 0.3 is 0 Å². The number of nitrogens with zero attached hydrogens (tertiary/aromatic N) is 5. The second-order valence-corrected chi connectivity index (χ2v) is 7.49. The lowest BCUT2D eigenvalue weighted by molar-refractivity contribution is 0.0243. The van der Waals surface area contributed by atoms with Crippen molar-refractivity contribution in [2.24, 2.45) is 4.99 Å². The molecule has 2 aliphatic heterocycles. The number of rotatable bonds is 7. The summed E-state index contributed by atoms with van der Waals surface area (Å²) in [6.07, 6.45) is 6.96. The lowest BCUT2D eigenvalue weighted by Gasteiger charge is -2.34. The van der Waals surface area contributed by atoms with E-state index in [1.54, 1.807) is 12.4 Å². The van der Waals surface area contributed by atoms with Crippen molar-refractivity contribution in [2.45, 2.75) is 31.8 Å². The molecule has 8 heteroatoms. The van der Waals surface area contributed by atoms with Crippen LogP contribution >= 0.6 is 0 Å². The zero-order chi connectivity index (χ0) is 19.0. The Labute approximate surface area is 162 Å². The van der Waals surface area contributed by atoms with Crippen molar-refractivity contribution in [1.82, 2.24) is 25.5 Å². The molecule has 2 fully saturated rings. The summed E-state index contributed by atoms with van der Waals surface area (Å²) in [5.74, 6) is 1.70. The van der Waals surface area contributed by atoms with Crippen molar-refractivity contribution >= 4 is 11.9 Å². The van der Waals surface area contributed by atoms with E-state index in [1.165, 1.54) is 0 Å². The molecule has 8 nitrogen and oxygen atoms in total. The normalized spacial score (nSPS) is 24.2. The van der Waals surface area contributed by atoms with Gasteiger partial charge in [0.05, 0.1) is 5.60 Å². The Morgan fingerprint density at radius 1 is 1.22 bits per heavy atom. The van der Waals surface area contributed by atoms with Crippen LogP contribution in [0.1, 0.15) is 26.2 Å². The molecule has 0 spiro atoms. The van der Waals surface area contributed by atoms with Gasteiger partial charge in [-0.1, -0.05) is 0 Å². The predicted octanol–water partition coefficient (Wildman–Crippen LogP) is 0.723. The number of hydrogen-bond acceptors (Lipinski definition) is 6. The summed E-state index contributed by atoms with van der Waals surface area (Å²) in [6, 6.07) is 1.86. The molecule has 0 saturated carbocycles. The fourth-order valence-electron chi connectivity index (χ4n) is 3.60. The molecule has 3 rings (SSSR count). The average molecular weight is 376 g/mol.